The molecule has 9 heteroatoms. The highest BCUT2D eigenvalue weighted by molar-refractivity contribution is 7.92. The van der Waals surface area contributed by atoms with Crippen LogP contribution in [0.1, 0.15) is 12.0 Å². The predicted octanol–water partition coefficient (Wildman–Crippen LogP) is 3.56. The molecule has 0 aliphatic carbocycles. The second-order valence-corrected chi connectivity index (χ2v) is 9.20. The van der Waals surface area contributed by atoms with Crippen LogP contribution in [0.15, 0.2) is 42.5 Å². The van der Waals surface area contributed by atoms with Gasteiger partial charge in [-0.1, -0.05) is 41.7 Å². The fourth-order valence-electron chi connectivity index (χ4n) is 2.55. The van der Waals surface area contributed by atoms with Crippen LogP contribution in [0.25, 0.3) is 10.2 Å². The summed E-state index contributed by atoms with van der Waals surface area (Å²) in [5, 5.41) is 2.48. The third-order valence-corrected chi connectivity index (χ3v) is 6.34. The van der Waals surface area contributed by atoms with Crippen LogP contribution in [0.3, 0.4) is 0 Å². The molecule has 0 saturated carbocycles. The number of aromatic nitrogens is 1. The van der Waals surface area contributed by atoms with Crippen molar-refractivity contribution in [2.45, 2.75) is 12.8 Å². The van der Waals surface area contributed by atoms with E-state index in [0.717, 1.165) is 29.0 Å². The quantitative estimate of drug-likeness (QED) is 0.646. The lowest BCUT2D eigenvalue weighted by Gasteiger charge is -2.05. The summed E-state index contributed by atoms with van der Waals surface area (Å²) in [6.07, 6.45) is 1.02. The molecule has 0 unspecified atom stereocenters. The van der Waals surface area contributed by atoms with Crippen molar-refractivity contribution in [3.8, 4) is 0 Å². The summed E-state index contributed by atoms with van der Waals surface area (Å²) in [5.41, 5.74) is 1.23. The van der Waals surface area contributed by atoms with Crippen molar-refractivity contribution in [2.24, 2.45) is 0 Å². The summed E-state index contributed by atoms with van der Waals surface area (Å²) in [6.45, 7) is 0. The normalized spacial score (nSPS) is 11.6. The van der Waals surface area contributed by atoms with Gasteiger partial charge in [-0.15, -0.1) is 0 Å². The number of benzene rings is 2. The molecule has 0 aliphatic rings. The average Bonchev–Trinajstić information content (AvgIpc) is 2.96. The fourth-order valence-corrected chi connectivity index (χ4v) is 4.63. The van der Waals surface area contributed by atoms with Crippen LogP contribution in [0.5, 0.6) is 0 Å². The monoisotopic (exact) mass is 410 g/mol. The highest BCUT2D eigenvalue weighted by atomic mass is 32.2. The zero-order chi connectivity index (χ0) is 19.4. The molecule has 1 N–H and O–H groups in total. The molecule has 1 aromatic heterocycles. The molecule has 142 valence electrons. The Kier molecular flexibility index (Phi) is 5.81. The van der Waals surface area contributed by atoms with Gasteiger partial charge < -0.3 is 5.32 Å². The molecule has 3 aromatic rings. The number of sulfone groups is 1. The maximum atomic E-state index is 13.2. The molecule has 0 fully saturated rings. The Hall–Kier alpha value is -2.39. The first kappa shape index (κ1) is 19.4. The van der Waals surface area contributed by atoms with Crippen LogP contribution in [-0.2, 0) is 21.1 Å². The van der Waals surface area contributed by atoms with Gasteiger partial charge in [-0.3, -0.25) is 4.79 Å². The number of hydrogen-bond acceptors (Lipinski definition) is 5. The summed E-state index contributed by atoms with van der Waals surface area (Å²) in [4.78, 5) is 16.0. The van der Waals surface area contributed by atoms with Crippen LogP contribution in [0.4, 0.5) is 13.9 Å². The number of rotatable bonds is 7. The third kappa shape index (κ3) is 5.30. The maximum absolute atomic E-state index is 13.2. The molecule has 0 atom stereocenters. The Bertz CT molecular complexity index is 1030. The smallest absolute Gasteiger partial charge is 0.241 e. The summed E-state index contributed by atoms with van der Waals surface area (Å²) >= 11 is 0.945. The molecule has 3 rings (SSSR count). The third-order valence-electron chi connectivity index (χ3n) is 3.79. The number of nitrogens with zero attached hydrogens (tertiary/aromatic N) is 1. The summed E-state index contributed by atoms with van der Waals surface area (Å²) in [6, 6.07) is 11.4. The summed E-state index contributed by atoms with van der Waals surface area (Å²) < 4.78 is 51.0. The van der Waals surface area contributed by atoms with E-state index in [1.807, 2.05) is 30.3 Å². The van der Waals surface area contributed by atoms with Crippen LogP contribution in [0.2, 0.25) is 0 Å². The van der Waals surface area contributed by atoms with E-state index in [4.69, 9.17) is 0 Å². The highest BCUT2D eigenvalue weighted by Gasteiger charge is 2.18. The number of carbonyl (C=O) groups excluding carboxylic acids is 1. The van der Waals surface area contributed by atoms with E-state index in [-0.39, 0.29) is 16.4 Å². The SMILES string of the molecule is O=C(CS(=O)(=O)CCCc1ccccc1)Nc1nc2cc(F)c(F)cc2s1. The number of carbonyl (C=O) groups is 1. The van der Waals surface area contributed by atoms with Crippen molar-refractivity contribution in [1.29, 1.82) is 0 Å². The van der Waals surface area contributed by atoms with Gasteiger partial charge in [0.25, 0.3) is 0 Å². The van der Waals surface area contributed by atoms with E-state index < -0.39 is 33.1 Å². The molecular weight excluding hydrogens is 394 g/mol. The molecule has 0 saturated heterocycles. The lowest BCUT2D eigenvalue weighted by molar-refractivity contribution is -0.113. The fraction of sp³-hybridized carbons (Fsp3) is 0.222. The average molecular weight is 410 g/mol. The van der Waals surface area contributed by atoms with Crippen LogP contribution in [0, 0.1) is 11.6 Å². The highest BCUT2D eigenvalue weighted by Crippen LogP contribution is 2.27. The van der Waals surface area contributed by atoms with Crippen molar-refractivity contribution < 1.29 is 22.0 Å². The standard InChI is InChI=1S/C18H16F2N2O3S2/c19-13-9-15-16(10-14(13)20)26-18(21-15)22-17(23)11-27(24,25)8-4-7-12-5-2-1-3-6-12/h1-3,5-6,9-10H,4,7-8,11H2,(H,21,22,23). The van der Waals surface area contributed by atoms with Gasteiger partial charge >= 0.3 is 0 Å². The van der Waals surface area contributed by atoms with Gasteiger partial charge in [-0.2, -0.15) is 0 Å². The van der Waals surface area contributed by atoms with Gasteiger partial charge in [0.05, 0.1) is 16.0 Å². The number of hydrogen-bond donors (Lipinski definition) is 1. The number of aryl methyl sites for hydroxylation is 1. The second kappa shape index (κ2) is 8.10. The molecule has 5 nitrogen and oxygen atoms in total. The zero-order valence-electron chi connectivity index (χ0n) is 14.1. The van der Waals surface area contributed by atoms with E-state index >= 15 is 0 Å². The maximum Gasteiger partial charge on any atom is 0.241 e. The van der Waals surface area contributed by atoms with Crippen LogP contribution < -0.4 is 5.32 Å². The zero-order valence-corrected chi connectivity index (χ0v) is 15.7. The predicted molar refractivity (Wildman–Crippen MR) is 102 cm³/mol. The summed E-state index contributed by atoms with van der Waals surface area (Å²) in [5.74, 6) is -3.54. The molecular formula is C18H16F2N2O3S2. The van der Waals surface area contributed by atoms with Gasteiger partial charge in [0.15, 0.2) is 26.6 Å². The topological polar surface area (TPSA) is 76.1 Å². The molecule has 0 aliphatic heterocycles. The summed E-state index contributed by atoms with van der Waals surface area (Å²) in [7, 11) is -3.57. The van der Waals surface area contributed by atoms with Crippen LogP contribution in [-0.4, -0.2) is 30.8 Å². The number of amides is 1. The van der Waals surface area contributed by atoms with Gasteiger partial charge in [-0.05, 0) is 24.5 Å². The van der Waals surface area contributed by atoms with Crippen LogP contribution >= 0.6 is 11.3 Å². The molecule has 27 heavy (non-hydrogen) atoms. The number of halogens is 2. The van der Waals surface area contributed by atoms with Crippen molar-refractivity contribution >= 4 is 42.4 Å². The molecule has 0 radical (unpaired) electrons. The largest absolute Gasteiger partial charge is 0.301 e. The number of thiazole rings is 1. The second-order valence-electron chi connectivity index (χ2n) is 5.98. The van der Waals surface area contributed by atoms with E-state index in [1.165, 1.54) is 0 Å². The number of fused-ring (bicyclic) bond motifs is 1. The van der Waals surface area contributed by atoms with Crippen molar-refractivity contribution in [3.05, 3.63) is 59.7 Å². The van der Waals surface area contributed by atoms with Crippen molar-refractivity contribution in [3.63, 3.8) is 0 Å². The first-order valence-electron chi connectivity index (χ1n) is 8.12. The Morgan fingerprint density at radius 2 is 1.81 bits per heavy atom. The molecule has 1 amide bonds. The molecule has 0 spiro atoms. The Morgan fingerprint density at radius 1 is 1.11 bits per heavy atom. The van der Waals surface area contributed by atoms with E-state index in [1.54, 1.807) is 0 Å². The molecule has 2 aromatic carbocycles. The number of anilines is 1. The van der Waals surface area contributed by atoms with E-state index in [0.29, 0.717) is 17.5 Å². The Balaban J connectivity index is 1.56. The first-order valence-corrected chi connectivity index (χ1v) is 10.8. The Labute approximate surface area is 159 Å². The lowest BCUT2D eigenvalue weighted by atomic mass is 10.1. The van der Waals surface area contributed by atoms with Gasteiger partial charge in [0.1, 0.15) is 5.75 Å². The number of nitrogens with one attached hydrogen (secondary N) is 1. The lowest BCUT2D eigenvalue weighted by Crippen LogP contribution is -2.24. The van der Waals surface area contributed by atoms with E-state index in [9.17, 15) is 22.0 Å². The van der Waals surface area contributed by atoms with Gasteiger partial charge in [-0.25, -0.2) is 22.2 Å². The van der Waals surface area contributed by atoms with Gasteiger partial charge in [0, 0.05) is 6.07 Å². The molecule has 0 bridgehead atoms. The van der Waals surface area contributed by atoms with Gasteiger partial charge in [0.2, 0.25) is 5.91 Å². The van der Waals surface area contributed by atoms with E-state index in [2.05, 4.69) is 10.3 Å². The first-order chi connectivity index (χ1) is 12.8. The molecule has 1 heterocycles. The Morgan fingerprint density at radius 3 is 2.56 bits per heavy atom. The minimum atomic E-state index is -3.57. The van der Waals surface area contributed by atoms with Crippen molar-refractivity contribution in [1.82, 2.24) is 4.98 Å². The minimum absolute atomic E-state index is 0.0967. The van der Waals surface area contributed by atoms with Crippen molar-refractivity contribution in [2.75, 3.05) is 16.8 Å². The minimum Gasteiger partial charge on any atom is -0.301 e.